The summed E-state index contributed by atoms with van der Waals surface area (Å²) in [6.07, 6.45) is 6.44. The number of oxime groups is 1. The van der Waals surface area contributed by atoms with Crippen LogP contribution in [0, 0.1) is 55.0 Å². The molecule has 0 fully saturated rings. The molecule has 0 aliphatic heterocycles. The molecule has 1 aromatic rings. The van der Waals surface area contributed by atoms with Gasteiger partial charge in [-0.25, -0.2) is 26.7 Å². The number of hydrogen-bond donors (Lipinski definition) is 0. The minimum absolute atomic E-state index is 0. The Kier molecular flexibility index (Phi) is 19.5. The van der Waals surface area contributed by atoms with Crippen molar-refractivity contribution in [2.45, 2.75) is 19.8 Å². The maximum atomic E-state index is 13.5. The molecule has 0 heterocycles. The van der Waals surface area contributed by atoms with Crippen LogP contribution in [0.3, 0.4) is 0 Å². The predicted molar refractivity (Wildman–Crippen MR) is 93.5 cm³/mol. The molecule has 1 unspecified atom stereocenters. The minimum atomic E-state index is -2.36. The number of halogens is 5. The van der Waals surface area contributed by atoms with Crippen molar-refractivity contribution in [2.24, 2.45) is 11.1 Å². The van der Waals surface area contributed by atoms with E-state index in [1.807, 2.05) is 12.2 Å². The van der Waals surface area contributed by atoms with E-state index >= 15 is 0 Å². The molecule has 33 heavy (non-hydrogen) atoms. The second-order valence-electron chi connectivity index (χ2n) is 5.52. The maximum Gasteiger partial charge on any atom is 0 e. The van der Waals surface area contributed by atoms with Crippen LogP contribution in [-0.4, -0.2) is 18.8 Å². The molecule has 7 nitrogen and oxygen atoms in total. The van der Waals surface area contributed by atoms with E-state index in [1.165, 1.54) is 14.0 Å². The molecular formula is C20H14F5FeNO6. The van der Waals surface area contributed by atoms with Crippen molar-refractivity contribution < 1.29 is 67.3 Å². The Balaban J connectivity index is -0.00000119. The van der Waals surface area contributed by atoms with Crippen molar-refractivity contribution in [3.05, 3.63) is 78.6 Å². The van der Waals surface area contributed by atoms with Gasteiger partial charge in [0.1, 0.15) is 11.3 Å². The Morgan fingerprint density at radius 2 is 1.45 bits per heavy atom. The molecule has 0 amide bonds. The summed E-state index contributed by atoms with van der Waals surface area (Å²) in [5.74, 6) is -12.4. The maximum absolute atomic E-state index is 13.5. The largest absolute Gasteiger partial charge is 0 e. The van der Waals surface area contributed by atoms with Gasteiger partial charge in [0.05, 0.1) is 12.8 Å². The Labute approximate surface area is 195 Å². The molecule has 1 aliphatic carbocycles. The first kappa shape index (κ1) is 34.6. The zero-order valence-electron chi connectivity index (χ0n) is 16.9. The Bertz CT molecular complexity index is 913. The summed E-state index contributed by atoms with van der Waals surface area (Å²) < 4.78 is 93.8. The first-order chi connectivity index (χ1) is 15.3. The molecule has 1 atom stereocenters. The third kappa shape index (κ3) is 10.0. The van der Waals surface area contributed by atoms with Crippen molar-refractivity contribution in [3.63, 3.8) is 0 Å². The standard InChI is InChI=1S/C17H14F5NO3.3CO.Fe/c1-8(7-9-3-5-10(25-2)6-4-9)23-26-17(24)11-12(18)14(20)16(22)15(21)13(11)19;3*1-2;/h3,5-6,9H,4,7H2,1-2H3;;;;/b23-8+;;;;. The van der Waals surface area contributed by atoms with Gasteiger partial charge in [0.25, 0.3) is 0 Å². The third-order valence-electron chi connectivity index (χ3n) is 3.65. The van der Waals surface area contributed by atoms with E-state index in [1.54, 1.807) is 6.08 Å². The Hall–Kier alpha value is -2.97. The fourth-order valence-electron chi connectivity index (χ4n) is 2.31. The van der Waals surface area contributed by atoms with Crippen molar-refractivity contribution in [2.75, 3.05) is 7.11 Å². The van der Waals surface area contributed by atoms with Crippen LogP contribution in [0.1, 0.15) is 30.1 Å². The van der Waals surface area contributed by atoms with Gasteiger partial charge < -0.3 is 9.57 Å². The van der Waals surface area contributed by atoms with Gasteiger partial charge in [-0.3, -0.25) is 0 Å². The van der Waals surface area contributed by atoms with E-state index in [-0.39, 0.29) is 23.0 Å². The molecule has 1 aromatic carbocycles. The van der Waals surface area contributed by atoms with Crippen molar-refractivity contribution >= 4 is 11.7 Å². The molecule has 178 valence electrons. The number of allylic oxidation sites excluding steroid dienone is 3. The first-order valence-corrected chi connectivity index (χ1v) is 8.06. The van der Waals surface area contributed by atoms with Gasteiger partial charge in [-0.15, -0.1) is 0 Å². The number of benzene rings is 1. The summed E-state index contributed by atoms with van der Waals surface area (Å²) in [5, 5.41) is 3.41. The Morgan fingerprint density at radius 3 is 1.85 bits per heavy atom. The number of methoxy groups -OCH3 is 1. The molecule has 0 spiro atoms. The molecule has 0 radical (unpaired) electrons. The van der Waals surface area contributed by atoms with Crippen molar-refractivity contribution in [1.82, 2.24) is 0 Å². The van der Waals surface area contributed by atoms with E-state index in [0.717, 1.165) is 0 Å². The summed E-state index contributed by atoms with van der Waals surface area (Å²) in [6, 6.07) is 0. The van der Waals surface area contributed by atoms with Gasteiger partial charge in [0, 0.05) is 17.1 Å². The van der Waals surface area contributed by atoms with Crippen LogP contribution in [0.2, 0.25) is 0 Å². The van der Waals surface area contributed by atoms with Crippen molar-refractivity contribution in [3.8, 4) is 0 Å². The number of carbonyl (C=O) groups is 1. The number of nitrogens with zero attached hydrogens (tertiary/aromatic N) is 1. The van der Waals surface area contributed by atoms with Crippen LogP contribution in [0.4, 0.5) is 22.0 Å². The molecule has 0 bridgehead atoms. The minimum Gasteiger partial charge on any atom is 0 e. The van der Waals surface area contributed by atoms with Gasteiger partial charge in [0.15, 0.2) is 23.3 Å². The summed E-state index contributed by atoms with van der Waals surface area (Å²) in [7, 11) is 1.53. The summed E-state index contributed by atoms with van der Waals surface area (Å²) >= 11 is 0. The van der Waals surface area contributed by atoms with E-state index in [4.69, 9.17) is 18.7 Å². The van der Waals surface area contributed by atoms with Gasteiger partial charge in [-0.05, 0) is 37.8 Å². The third-order valence-corrected chi connectivity index (χ3v) is 3.65. The zero-order chi connectivity index (χ0) is 25.4. The molecule has 0 N–H and O–H groups in total. The Morgan fingerprint density at radius 1 is 1.00 bits per heavy atom. The molecule has 0 aromatic heterocycles. The topological polar surface area (TPSA) is 108 Å². The predicted octanol–water partition coefficient (Wildman–Crippen LogP) is 4.30. The SMILES string of the molecule is COC1=CCC(C/C(C)=N/OC(=O)c2c(F)c(F)c(F)c(F)c2F)C=C1.[C-]#[O+].[C-]#[O+].[C-]#[O+].[Fe]. The van der Waals surface area contributed by atoms with Crippen LogP contribution in [0.5, 0.6) is 0 Å². The molecule has 13 heteroatoms. The number of hydrogen-bond acceptors (Lipinski definition) is 4. The van der Waals surface area contributed by atoms with Gasteiger partial charge >= 0.3 is 39.9 Å². The number of ether oxygens (including phenoxy) is 1. The van der Waals surface area contributed by atoms with Gasteiger partial charge in [0.2, 0.25) is 5.82 Å². The second kappa shape index (κ2) is 18.6. The fourth-order valence-corrected chi connectivity index (χ4v) is 2.31. The number of carbonyl (C=O) groups excluding carboxylic acids is 1. The van der Waals surface area contributed by atoms with Gasteiger partial charge in [-0.1, -0.05) is 11.2 Å². The van der Waals surface area contributed by atoms with Crippen LogP contribution < -0.4 is 0 Å². The van der Waals surface area contributed by atoms with Crippen LogP contribution >= 0.6 is 0 Å². The molecular weight excluding hydrogens is 501 g/mol. The quantitative estimate of drug-likeness (QED) is 0.0672. The van der Waals surface area contributed by atoms with Crippen LogP contribution in [0.15, 0.2) is 29.1 Å². The van der Waals surface area contributed by atoms with Crippen LogP contribution in [0.25, 0.3) is 0 Å². The summed E-state index contributed by atoms with van der Waals surface area (Å²) in [4.78, 5) is 16.0. The molecule has 0 saturated carbocycles. The van der Waals surface area contributed by atoms with E-state index in [9.17, 15) is 26.7 Å². The summed E-state index contributed by atoms with van der Waals surface area (Å²) in [5.41, 5.74) is -1.39. The molecule has 1 aliphatic rings. The average Bonchev–Trinajstić information content (AvgIpc) is 2.84. The number of rotatable bonds is 5. The molecule has 0 saturated heterocycles. The zero-order valence-corrected chi connectivity index (χ0v) is 18.0. The average molecular weight is 515 g/mol. The van der Waals surface area contributed by atoms with Crippen LogP contribution in [-0.2, 0) is 40.6 Å². The molecule has 2 rings (SSSR count). The van der Waals surface area contributed by atoms with Gasteiger partial charge in [-0.2, -0.15) is 0 Å². The van der Waals surface area contributed by atoms with E-state index in [0.29, 0.717) is 24.3 Å². The fraction of sp³-hybridized carbons (Fsp3) is 0.250. The second-order valence-corrected chi connectivity index (χ2v) is 5.52. The smallest absolute Gasteiger partial charge is 0 e. The first-order valence-electron chi connectivity index (χ1n) is 8.06. The monoisotopic (exact) mass is 515 g/mol. The van der Waals surface area contributed by atoms with E-state index < -0.39 is 40.6 Å². The summed E-state index contributed by atoms with van der Waals surface area (Å²) in [6.45, 7) is 15.0. The normalized spacial score (nSPS) is 13.7. The van der Waals surface area contributed by atoms with Crippen molar-refractivity contribution in [1.29, 1.82) is 0 Å². The van der Waals surface area contributed by atoms with E-state index in [2.05, 4.69) is 29.9 Å².